The van der Waals surface area contributed by atoms with E-state index in [1.165, 1.54) is 17.7 Å². The molecule has 3 N–H and O–H groups in total. The second-order valence-electron chi connectivity index (χ2n) is 4.75. The van der Waals surface area contributed by atoms with Crippen molar-refractivity contribution >= 4 is 17.8 Å². The Morgan fingerprint density at radius 3 is 2.71 bits per heavy atom. The first-order chi connectivity index (χ1) is 10.2. The summed E-state index contributed by atoms with van der Waals surface area (Å²) in [4.78, 5) is 9.83. The van der Waals surface area contributed by atoms with E-state index in [0.717, 1.165) is 17.0 Å². The summed E-state index contributed by atoms with van der Waals surface area (Å²) in [5.41, 5.74) is 8.40. The van der Waals surface area contributed by atoms with Crippen LogP contribution in [0.3, 0.4) is 0 Å². The zero-order valence-corrected chi connectivity index (χ0v) is 13.6. The molecular formula is C16H22N4S. The maximum absolute atomic E-state index is 5.70. The minimum Gasteiger partial charge on any atom is -0.382 e. The maximum atomic E-state index is 5.70. The van der Waals surface area contributed by atoms with Crippen molar-refractivity contribution < 1.29 is 0 Å². The quantitative estimate of drug-likeness (QED) is 0.841. The van der Waals surface area contributed by atoms with Gasteiger partial charge in [-0.05, 0) is 43.8 Å². The topological polar surface area (TPSA) is 63.8 Å². The lowest BCUT2D eigenvalue weighted by Gasteiger charge is -2.06. The van der Waals surface area contributed by atoms with Crippen LogP contribution in [-0.4, -0.2) is 16.0 Å². The van der Waals surface area contributed by atoms with Crippen LogP contribution in [-0.2, 0) is 0 Å². The van der Waals surface area contributed by atoms with Crippen LogP contribution < -0.4 is 10.5 Å². The van der Waals surface area contributed by atoms with Gasteiger partial charge in [-0.3, -0.25) is 4.72 Å². The number of nitrogen functional groups attached to an aromatic ring is 1. The number of nitrogens with zero attached hydrogens (tertiary/aromatic N) is 2. The van der Waals surface area contributed by atoms with Crippen LogP contribution in [0.4, 0.5) is 5.82 Å². The lowest BCUT2D eigenvalue weighted by molar-refractivity contribution is 0.969. The highest BCUT2D eigenvalue weighted by Crippen LogP contribution is 2.27. The van der Waals surface area contributed by atoms with Crippen molar-refractivity contribution in [1.82, 2.24) is 14.7 Å². The van der Waals surface area contributed by atoms with Gasteiger partial charge in [-0.1, -0.05) is 26.0 Å². The first-order valence-corrected chi connectivity index (χ1v) is 8.16. The van der Waals surface area contributed by atoms with Crippen LogP contribution in [0.2, 0.25) is 0 Å². The number of aromatic nitrogens is 2. The minimum atomic E-state index is 0.490. The lowest BCUT2D eigenvalue weighted by atomic mass is 10.1. The lowest BCUT2D eigenvalue weighted by Crippen LogP contribution is -2.04. The fourth-order valence-electron chi connectivity index (χ4n) is 1.70. The van der Waals surface area contributed by atoms with Crippen LogP contribution in [0.25, 0.3) is 11.3 Å². The van der Waals surface area contributed by atoms with E-state index in [0.29, 0.717) is 11.9 Å². The molecule has 0 bridgehead atoms. The average molecular weight is 302 g/mol. The number of nitrogens with one attached hydrogen (secondary N) is 1. The number of rotatable bonds is 4. The Bertz CT molecular complexity index is 597. The molecule has 0 unspecified atom stereocenters. The second kappa shape index (κ2) is 7.43. The van der Waals surface area contributed by atoms with Gasteiger partial charge in [0.2, 0.25) is 0 Å². The first-order valence-electron chi connectivity index (χ1n) is 7.34. The van der Waals surface area contributed by atoms with Crippen molar-refractivity contribution in [2.24, 2.45) is 0 Å². The molecule has 0 spiro atoms. The predicted octanol–water partition coefficient (Wildman–Crippen LogP) is 3.82. The van der Waals surface area contributed by atoms with Gasteiger partial charge in [-0.15, -0.1) is 0 Å². The van der Waals surface area contributed by atoms with Crippen molar-refractivity contribution in [2.45, 2.75) is 44.6 Å². The van der Waals surface area contributed by atoms with Crippen LogP contribution in [0.5, 0.6) is 0 Å². The first kappa shape index (κ1) is 15.8. The molecule has 1 aromatic carbocycles. The average Bonchev–Trinajstić information content (AvgIpc) is 3.35. The summed E-state index contributed by atoms with van der Waals surface area (Å²) in [6, 6.07) is 8.99. The fraction of sp³-hybridized carbons (Fsp3) is 0.375. The molecule has 5 heteroatoms. The molecule has 0 amide bonds. The number of aryl methyl sites for hydroxylation is 1. The molecule has 1 aliphatic rings. The molecule has 1 aliphatic carbocycles. The third-order valence-corrected chi connectivity index (χ3v) is 3.98. The van der Waals surface area contributed by atoms with E-state index in [1.54, 1.807) is 18.1 Å². The molecule has 0 aliphatic heterocycles. The van der Waals surface area contributed by atoms with Crippen LogP contribution in [0.15, 0.2) is 35.4 Å². The molecule has 1 heterocycles. The zero-order valence-electron chi connectivity index (χ0n) is 12.8. The summed E-state index contributed by atoms with van der Waals surface area (Å²) in [6.07, 6.45) is 4.30. The van der Waals surface area contributed by atoms with Crippen LogP contribution >= 0.6 is 11.9 Å². The van der Waals surface area contributed by atoms with E-state index in [2.05, 4.69) is 26.8 Å². The standard InChI is InChI=1S/C14H16N4S.C2H6/c1-9-14(15)16-8-13(17-9)10-3-2-4-12(7-10)19-18-11-5-6-11;1-2/h2-4,7-8,11,18H,5-6H2,1H3,(H2,15,16);1-2H3. The minimum absolute atomic E-state index is 0.490. The largest absolute Gasteiger partial charge is 0.382 e. The van der Waals surface area contributed by atoms with Crippen LogP contribution in [0.1, 0.15) is 32.4 Å². The van der Waals surface area contributed by atoms with Gasteiger partial charge in [0, 0.05) is 16.5 Å². The third-order valence-electron chi connectivity index (χ3n) is 3.04. The smallest absolute Gasteiger partial charge is 0.144 e. The molecule has 1 saturated carbocycles. The molecular weight excluding hydrogens is 280 g/mol. The van der Waals surface area contributed by atoms with Gasteiger partial charge in [0.05, 0.1) is 17.6 Å². The van der Waals surface area contributed by atoms with E-state index in [1.807, 2.05) is 32.9 Å². The second-order valence-corrected chi connectivity index (χ2v) is 5.66. The molecule has 0 radical (unpaired) electrons. The molecule has 1 fully saturated rings. The maximum Gasteiger partial charge on any atom is 0.144 e. The normalized spacial score (nSPS) is 13.5. The number of anilines is 1. The molecule has 1 aromatic heterocycles. The van der Waals surface area contributed by atoms with E-state index < -0.39 is 0 Å². The van der Waals surface area contributed by atoms with Gasteiger partial charge in [-0.2, -0.15) is 0 Å². The van der Waals surface area contributed by atoms with Gasteiger partial charge in [0.15, 0.2) is 0 Å². The number of hydrogen-bond donors (Lipinski definition) is 2. The molecule has 0 atom stereocenters. The van der Waals surface area contributed by atoms with Crippen molar-refractivity contribution in [3.63, 3.8) is 0 Å². The molecule has 0 saturated heterocycles. The zero-order chi connectivity index (χ0) is 15.2. The van der Waals surface area contributed by atoms with Gasteiger partial charge in [0.25, 0.3) is 0 Å². The van der Waals surface area contributed by atoms with Crippen molar-refractivity contribution in [1.29, 1.82) is 0 Å². The summed E-state index contributed by atoms with van der Waals surface area (Å²) < 4.78 is 3.43. The molecule has 2 aromatic rings. The monoisotopic (exact) mass is 302 g/mol. The third kappa shape index (κ3) is 4.44. The Morgan fingerprint density at radius 1 is 1.29 bits per heavy atom. The molecule has 21 heavy (non-hydrogen) atoms. The highest BCUT2D eigenvalue weighted by atomic mass is 32.2. The van der Waals surface area contributed by atoms with Crippen molar-refractivity contribution in [3.05, 3.63) is 36.2 Å². The summed E-state index contributed by atoms with van der Waals surface area (Å²) in [6.45, 7) is 5.87. The summed E-state index contributed by atoms with van der Waals surface area (Å²) in [7, 11) is 0. The Kier molecular flexibility index (Phi) is 5.59. The Balaban J connectivity index is 0.000000774. The van der Waals surface area contributed by atoms with Crippen molar-refractivity contribution in [3.8, 4) is 11.3 Å². The Morgan fingerprint density at radius 2 is 2.05 bits per heavy atom. The van der Waals surface area contributed by atoms with Crippen LogP contribution in [0, 0.1) is 6.92 Å². The SMILES string of the molecule is CC.Cc1nc(-c2cccc(SNC3CC3)c2)cnc1N. The highest BCUT2D eigenvalue weighted by Gasteiger charge is 2.20. The van der Waals surface area contributed by atoms with E-state index in [4.69, 9.17) is 5.73 Å². The number of benzene rings is 1. The van der Waals surface area contributed by atoms with E-state index in [9.17, 15) is 0 Å². The molecule has 3 rings (SSSR count). The molecule has 112 valence electrons. The predicted molar refractivity (Wildman–Crippen MR) is 90.0 cm³/mol. The summed E-state index contributed by atoms with van der Waals surface area (Å²) in [5.74, 6) is 0.490. The Labute approximate surface area is 130 Å². The van der Waals surface area contributed by atoms with Gasteiger partial charge in [-0.25, -0.2) is 9.97 Å². The van der Waals surface area contributed by atoms with E-state index >= 15 is 0 Å². The fourth-order valence-corrected chi connectivity index (χ4v) is 2.57. The van der Waals surface area contributed by atoms with E-state index in [-0.39, 0.29) is 0 Å². The Hall–Kier alpha value is -1.59. The van der Waals surface area contributed by atoms with Crippen molar-refractivity contribution in [2.75, 3.05) is 5.73 Å². The number of nitrogens with two attached hydrogens (primary N) is 1. The summed E-state index contributed by atoms with van der Waals surface area (Å²) >= 11 is 1.68. The molecule has 4 nitrogen and oxygen atoms in total. The van der Waals surface area contributed by atoms with Gasteiger partial charge in [0.1, 0.15) is 5.82 Å². The summed E-state index contributed by atoms with van der Waals surface area (Å²) in [5, 5.41) is 0. The number of hydrogen-bond acceptors (Lipinski definition) is 5. The highest BCUT2D eigenvalue weighted by molar-refractivity contribution is 7.97. The van der Waals surface area contributed by atoms with Gasteiger partial charge < -0.3 is 5.73 Å². The van der Waals surface area contributed by atoms with Gasteiger partial charge >= 0.3 is 0 Å².